The summed E-state index contributed by atoms with van der Waals surface area (Å²) in [7, 11) is 0. The quantitative estimate of drug-likeness (QED) is 0.608. The Labute approximate surface area is 174 Å². The Morgan fingerprint density at radius 3 is 2.93 bits per heavy atom. The van der Waals surface area contributed by atoms with Crippen LogP contribution in [0.1, 0.15) is 61.6 Å². The fourth-order valence-corrected chi connectivity index (χ4v) is 3.70. The molecule has 4 rings (SSSR count). The van der Waals surface area contributed by atoms with Crippen molar-refractivity contribution in [3.63, 3.8) is 0 Å². The van der Waals surface area contributed by atoms with Gasteiger partial charge >= 0.3 is 5.97 Å². The predicted octanol–water partition coefficient (Wildman–Crippen LogP) is 4.32. The highest BCUT2D eigenvalue weighted by Gasteiger charge is 2.37. The number of hydrogen-bond donors (Lipinski definition) is 1. The van der Waals surface area contributed by atoms with Crippen LogP contribution in [0.5, 0.6) is 5.75 Å². The zero-order chi connectivity index (χ0) is 21.5. The van der Waals surface area contributed by atoms with Crippen LogP contribution in [0.4, 0.5) is 10.2 Å². The summed E-state index contributed by atoms with van der Waals surface area (Å²) >= 11 is 0. The molecule has 1 aliphatic heterocycles. The van der Waals surface area contributed by atoms with Crippen molar-refractivity contribution < 1.29 is 18.7 Å². The number of nitrogens with zero attached hydrogens (tertiary/aromatic N) is 3. The summed E-state index contributed by atoms with van der Waals surface area (Å²) in [6.45, 7) is 8.03. The molecule has 1 N–H and O–H groups in total. The molecule has 0 radical (unpaired) electrons. The maximum atomic E-state index is 14.4. The fraction of sp³-hybridized carbons (Fsp3) is 0.409. The van der Waals surface area contributed by atoms with Gasteiger partial charge in [0.15, 0.2) is 5.65 Å². The van der Waals surface area contributed by atoms with Crippen molar-refractivity contribution in [2.24, 2.45) is 0 Å². The third-order valence-corrected chi connectivity index (χ3v) is 5.58. The highest BCUT2D eigenvalue weighted by molar-refractivity contribution is 5.95. The average Bonchev–Trinajstić information content (AvgIpc) is 3.30. The second-order valence-corrected chi connectivity index (χ2v) is 7.75. The van der Waals surface area contributed by atoms with Gasteiger partial charge in [0.25, 0.3) is 0 Å². The first-order valence-electron chi connectivity index (χ1n) is 10.1. The summed E-state index contributed by atoms with van der Waals surface area (Å²) in [6.07, 6.45) is 4.51. The lowest BCUT2D eigenvalue weighted by Crippen LogP contribution is -2.29. The highest BCUT2D eigenvalue weighted by atomic mass is 19.1. The smallest absolute Gasteiger partial charge is 0.343 e. The van der Waals surface area contributed by atoms with E-state index < -0.39 is 11.6 Å². The van der Waals surface area contributed by atoms with Crippen LogP contribution >= 0.6 is 0 Å². The van der Waals surface area contributed by atoms with Gasteiger partial charge in [-0.1, -0.05) is 13.0 Å². The van der Waals surface area contributed by atoms with E-state index in [-0.39, 0.29) is 18.5 Å². The van der Waals surface area contributed by atoms with E-state index in [9.17, 15) is 9.18 Å². The number of benzene rings is 1. The minimum Gasteiger partial charge on any atom is -0.486 e. The molecule has 0 spiro atoms. The van der Waals surface area contributed by atoms with Crippen molar-refractivity contribution in [1.82, 2.24) is 14.6 Å². The molecule has 2 aromatic heterocycles. The zero-order valence-corrected chi connectivity index (χ0v) is 17.5. The third-order valence-electron chi connectivity index (χ3n) is 5.58. The lowest BCUT2D eigenvalue weighted by atomic mass is 9.95. The number of fused-ring (bicyclic) bond motifs is 2. The number of halogens is 1. The van der Waals surface area contributed by atoms with E-state index in [1.165, 1.54) is 16.8 Å². The van der Waals surface area contributed by atoms with Crippen molar-refractivity contribution >= 4 is 17.4 Å². The van der Waals surface area contributed by atoms with Crippen LogP contribution in [0.25, 0.3) is 5.65 Å². The molecule has 1 aromatic carbocycles. The van der Waals surface area contributed by atoms with E-state index in [1.807, 2.05) is 20.8 Å². The molecule has 0 saturated heterocycles. The molecular formula is C22H25FN4O3. The van der Waals surface area contributed by atoms with Gasteiger partial charge in [0.05, 0.1) is 18.8 Å². The van der Waals surface area contributed by atoms with Crippen molar-refractivity contribution in [2.75, 3.05) is 11.9 Å². The average molecular weight is 412 g/mol. The number of hydrogen-bond acceptors (Lipinski definition) is 6. The van der Waals surface area contributed by atoms with E-state index in [0.717, 1.165) is 12.0 Å². The van der Waals surface area contributed by atoms with Crippen molar-refractivity contribution in [3.8, 4) is 5.75 Å². The number of esters is 1. The van der Waals surface area contributed by atoms with Crippen LogP contribution in [-0.4, -0.2) is 32.8 Å². The van der Waals surface area contributed by atoms with Gasteiger partial charge in [-0.05, 0) is 39.3 Å². The van der Waals surface area contributed by atoms with Crippen LogP contribution in [0.3, 0.4) is 0 Å². The summed E-state index contributed by atoms with van der Waals surface area (Å²) in [5.74, 6) is 0.470. The molecule has 3 heterocycles. The molecule has 7 nitrogen and oxygen atoms in total. The van der Waals surface area contributed by atoms with Gasteiger partial charge in [-0.15, -0.1) is 0 Å². The summed E-state index contributed by atoms with van der Waals surface area (Å²) in [4.78, 5) is 16.7. The van der Waals surface area contributed by atoms with Crippen molar-refractivity contribution in [2.45, 2.75) is 52.2 Å². The van der Waals surface area contributed by atoms with E-state index in [0.29, 0.717) is 34.8 Å². The van der Waals surface area contributed by atoms with E-state index in [4.69, 9.17) is 9.47 Å². The standard InChI is InChI=1S/C22H25FN4O3/c1-5-22(4)11-15-17(23)8-7-14(19(15)30-22)13(3)25-18-9-10-27-20(26-18)16(12-24-27)21(28)29-6-2/h7-10,12-13H,5-6,11H2,1-4H3,(H,25,26)/t13-,22?/m1/s1. The predicted molar refractivity (Wildman–Crippen MR) is 110 cm³/mol. The molecule has 0 saturated carbocycles. The molecule has 0 bridgehead atoms. The lowest BCUT2D eigenvalue weighted by Gasteiger charge is -2.23. The molecule has 158 valence electrons. The number of nitrogens with one attached hydrogen (secondary N) is 1. The van der Waals surface area contributed by atoms with Gasteiger partial charge in [-0.25, -0.2) is 18.7 Å². The highest BCUT2D eigenvalue weighted by Crippen LogP contribution is 2.43. The summed E-state index contributed by atoms with van der Waals surface area (Å²) in [5, 5.41) is 7.47. The van der Waals surface area contributed by atoms with Crippen molar-refractivity contribution in [3.05, 3.63) is 53.1 Å². The minimum absolute atomic E-state index is 0.192. The molecule has 1 aliphatic rings. The number of ether oxygens (including phenoxy) is 2. The number of aromatic nitrogens is 3. The first-order chi connectivity index (χ1) is 14.3. The third kappa shape index (κ3) is 3.46. The Balaban J connectivity index is 1.63. The van der Waals surface area contributed by atoms with E-state index >= 15 is 0 Å². The maximum absolute atomic E-state index is 14.4. The molecule has 0 fully saturated rings. The van der Waals surface area contributed by atoms with Crippen LogP contribution in [0.2, 0.25) is 0 Å². The molecule has 1 unspecified atom stereocenters. The number of anilines is 1. The summed E-state index contributed by atoms with van der Waals surface area (Å²) < 4.78 is 27.2. The summed E-state index contributed by atoms with van der Waals surface area (Å²) in [5.41, 5.74) is 1.80. The minimum atomic E-state index is -0.464. The number of carbonyl (C=O) groups is 1. The Morgan fingerprint density at radius 2 is 2.20 bits per heavy atom. The van der Waals surface area contributed by atoms with Gasteiger partial charge < -0.3 is 14.8 Å². The Kier molecular flexibility index (Phi) is 5.09. The van der Waals surface area contributed by atoms with Gasteiger partial charge in [-0.3, -0.25) is 0 Å². The monoisotopic (exact) mass is 412 g/mol. The Morgan fingerprint density at radius 1 is 1.40 bits per heavy atom. The normalized spacial score (nSPS) is 18.7. The number of carbonyl (C=O) groups excluding carboxylic acids is 1. The van der Waals surface area contributed by atoms with Gasteiger partial charge in [-0.2, -0.15) is 5.10 Å². The number of rotatable bonds is 6. The van der Waals surface area contributed by atoms with E-state index in [2.05, 4.69) is 15.4 Å². The largest absolute Gasteiger partial charge is 0.486 e. The molecular weight excluding hydrogens is 387 g/mol. The maximum Gasteiger partial charge on any atom is 0.343 e. The Hall–Kier alpha value is -3.16. The van der Waals surface area contributed by atoms with Gasteiger partial charge in [0.1, 0.15) is 28.5 Å². The summed E-state index contributed by atoms with van der Waals surface area (Å²) in [6, 6.07) is 4.81. The lowest BCUT2D eigenvalue weighted by molar-refractivity contribution is 0.0528. The SMILES string of the molecule is CCOC(=O)c1cnn2ccc(N[C@H](C)c3ccc(F)c4c3OC(C)(CC)C4)nc12. The molecule has 0 aliphatic carbocycles. The molecule has 2 atom stereocenters. The molecule has 0 amide bonds. The fourth-order valence-electron chi connectivity index (χ4n) is 3.70. The van der Waals surface area contributed by atoms with Gasteiger partial charge in [0, 0.05) is 23.7 Å². The van der Waals surface area contributed by atoms with Crippen molar-refractivity contribution in [1.29, 1.82) is 0 Å². The first-order valence-corrected chi connectivity index (χ1v) is 10.1. The Bertz CT molecular complexity index is 1110. The van der Waals surface area contributed by atoms with Crippen LogP contribution in [0, 0.1) is 5.82 Å². The van der Waals surface area contributed by atoms with Gasteiger partial charge in [0.2, 0.25) is 0 Å². The molecule has 30 heavy (non-hydrogen) atoms. The molecule has 8 heteroatoms. The first kappa shape index (κ1) is 20.1. The second-order valence-electron chi connectivity index (χ2n) is 7.75. The zero-order valence-electron chi connectivity index (χ0n) is 17.5. The van der Waals surface area contributed by atoms with Crippen LogP contribution < -0.4 is 10.1 Å². The second kappa shape index (κ2) is 7.59. The van der Waals surface area contributed by atoms with Crippen LogP contribution in [0.15, 0.2) is 30.6 Å². The topological polar surface area (TPSA) is 77.8 Å². The van der Waals surface area contributed by atoms with Crippen LogP contribution in [-0.2, 0) is 11.2 Å². The molecule has 3 aromatic rings. The van der Waals surface area contributed by atoms with E-state index in [1.54, 1.807) is 25.3 Å².